The summed E-state index contributed by atoms with van der Waals surface area (Å²) in [6.45, 7) is 6.02. The maximum Gasteiger partial charge on any atom is 0.224 e. The van der Waals surface area contributed by atoms with Crippen LogP contribution in [0.25, 0.3) is 56.0 Å². The molecule has 0 aliphatic heterocycles. The third-order valence-electron chi connectivity index (χ3n) is 7.11. The molecule has 230 valence electrons. The molecule has 5 heterocycles. The van der Waals surface area contributed by atoms with E-state index in [2.05, 4.69) is 40.4 Å². The van der Waals surface area contributed by atoms with Gasteiger partial charge in [-0.2, -0.15) is 5.10 Å². The molecule has 6 aromatic rings. The number of nitrogens with one attached hydrogen (secondary N) is 3. The largest absolute Gasteiger partial charge is 0.335 e. The number of hydrogen-bond acceptors (Lipinski definition) is 8. The van der Waals surface area contributed by atoms with Crippen LogP contribution in [-0.4, -0.2) is 61.5 Å². The minimum atomic E-state index is -3.20. The van der Waals surface area contributed by atoms with Crippen LogP contribution in [0.1, 0.15) is 32.8 Å². The van der Waals surface area contributed by atoms with Crippen LogP contribution < -0.4 is 5.32 Å². The predicted molar refractivity (Wildman–Crippen MR) is 172 cm³/mol. The van der Waals surface area contributed by atoms with Gasteiger partial charge in [-0.3, -0.25) is 14.9 Å². The Morgan fingerprint density at radius 1 is 0.978 bits per heavy atom. The molecule has 0 atom stereocenters. The highest BCUT2D eigenvalue weighted by Gasteiger charge is 2.19. The van der Waals surface area contributed by atoms with E-state index in [1.54, 1.807) is 36.9 Å². The predicted octanol–water partition coefficient (Wildman–Crippen LogP) is 5.73. The van der Waals surface area contributed by atoms with Gasteiger partial charge in [-0.15, -0.1) is 0 Å². The van der Waals surface area contributed by atoms with Gasteiger partial charge in [0.05, 0.1) is 28.5 Å². The van der Waals surface area contributed by atoms with Gasteiger partial charge in [-0.05, 0) is 53.3 Å². The van der Waals surface area contributed by atoms with Crippen LogP contribution in [-0.2, 0) is 21.1 Å². The molecule has 13 heteroatoms. The maximum absolute atomic E-state index is 14.6. The molecule has 0 aliphatic rings. The molecule has 0 saturated heterocycles. The first kappa shape index (κ1) is 30.0. The first-order valence-electron chi connectivity index (χ1n) is 14.2. The number of fused-ring (bicyclic) bond motifs is 2. The van der Waals surface area contributed by atoms with Crippen LogP contribution in [0.2, 0.25) is 0 Å². The van der Waals surface area contributed by atoms with Gasteiger partial charge >= 0.3 is 0 Å². The number of halogens is 1. The van der Waals surface area contributed by atoms with Crippen LogP contribution in [0, 0.1) is 11.2 Å². The smallest absolute Gasteiger partial charge is 0.224 e. The van der Waals surface area contributed by atoms with Crippen molar-refractivity contribution in [3.63, 3.8) is 0 Å². The van der Waals surface area contributed by atoms with Crippen molar-refractivity contribution < 1.29 is 17.6 Å². The number of H-pyrrole nitrogens is 2. The van der Waals surface area contributed by atoms with Gasteiger partial charge in [0.1, 0.15) is 21.3 Å². The summed E-state index contributed by atoms with van der Waals surface area (Å²) < 4.78 is 38.0. The highest BCUT2D eigenvalue weighted by Crippen LogP contribution is 2.33. The molecule has 11 nitrogen and oxygen atoms in total. The van der Waals surface area contributed by atoms with E-state index in [1.165, 1.54) is 12.1 Å². The summed E-state index contributed by atoms with van der Waals surface area (Å²) in [5.41, 5.74) is 5.84. The summed E-state index contributed by atoms with van der Waals surface area (Å²) in [7, 11) is -3.20. The second-order valence-corrected chi connectivity index (χ2v) is 14.6. The zero-order valence-electron chi connectivity index (χ0n) is 25.1. The highest BCUT2D eigenvalue weighted by atomic mass is 32.2. The lowest BCUT2D eigenvalue weighted by atomic mass is 9.92. The van der Waals surface area contributed by atoms with Crippen LogP contribution in [0.15, 0.2) is 61.2 Å². The Morgan fingerprint density at radius 2 is 1.78 bits per heavy atom. The van der Waals surface area contributed by atoms with Gasteiger partial charge in [0.25, 0.3) is 0 Å². The van der Waals surface area contributed by atoms with Gasteiger partial charge in [0.2, 0.25) is 5.91 Å². The second-order valence-electron chi connectivity index (χ2n) is 12.3. The first-order valence-corrected chi connectivity index (χ1v) is 16.3. The normalized spacial score (nSPS) is 12.2. The van der Waals surface area contributed by atoms with Crippen molar-refractivity contribution in [2.24, 2.45) is 5.41 Å². The van der Waals surface area contributed by atoms with Crippen LogP contribution in [0.3, 0.4) is 0 Å². The molecule has 3 N–H and O–H groups in total. The van der Waals surface area contributed by atoms with Crippen molar-refractivity contribution in [3.8, 4) is 33.8 Å². The summed E-state index contributed by atoms with van der Waals surface area (Å²) >= 11 is 0. The second kappa shape index (κ2) is 11.5. The molecular formula is C32H31FN8O3S. The minimum absolute atomic E-state index is 0.0784. The van der Waals surface area contributed by atoms with E-state index in [1.807, 2.05) is 32.9 Å². The van der Waals surface area contributed by atoms with E-state index in [0.29, 0.717) is 62.5 Å². The SMILES string of the molecule is CC(C)(C)CC(=O)Nc1cncc(-c2cnc3n[nH]c(-c4nc5nccc(-c6cc(F)cc(CCS(C)(=O)=O)c6)c5[nH]4)c3c2)c1. The van der Waals surface area contributed by atoms with Gasteiger partial charge in [0, 0.05) is 48.0 Å². The molecule has 0 aliphatic carbocycles. The topological polar surface area (TPSA) is 159 Å². The Hall–Kier alpha value is -5.04. The standard InChI is InChI=1S/C32H31FN8O3S/c1-32(2,3)14-26(42)37-23-12-20(15-34-17-23)21-13-25-28(40-41-29(25)36-16-21)31-38-27-24(5-7-35-30(27)39-31)19-9-18(10-22(33)11-19)6-8-45(4,43)44/h5,7,9-13,15-17H,6,8,14H2,1-4H3,(H,37,42)(H,35,38,39)(H,36,40,41). The lowest BCUT2D eigenvalue weighted by Crippen LogP contribution is -2.19. The quantitative estimate of drug-likeness (QED) is 0.193. The molecule has 0 bridgehead atoms. The average Bonchev–Trinajstić information content (AvgIpc) is 3.58. The number of aromatic amines is 2. The number of anilines is 1. The molecule has 1 amide bonds. The molecule has 0 fully saturated rings. The van der Waals surface area contributed by atoms with Crippen molar-refractivity contribution in [1.29, 1.82) is 0 Å². The lowest BCUT2D eigenvalue weighted by molar-refractivity contribution is -0.117. The molecular weight excluding hydrogens is 595 g/mol. The molecule has 0 radical (unpaired) electrons. The molecule has 5 aromatic heterocycles. The van der Waals surface area contributed by atoms with Gasteiger partial charge < -0.3 is 10.3 Å². The first-order chi connectivity index (χ1) is 21.3. The fraction of sp³-hybridized carbons (Fsp3) is 0.250. The van der Waals surface area contributed by atoms with Crippen molar-refractivity contribution in [1.82, 2.24) is 35.1 Å². The van der Waals surface area contributed by atoms with E-state index in [0.717, 1.165) is 17.4 Å². The number of aryl methyl sites for hydroxylation is 1. The van der Waals surface area contributed by atoms with Crippen LogP contribution in [0.4, 0.5) is 10.1 Å². The Morgan fingerprint density at radius 3 is 2.56 bits per heavy atom. The van der Waals surface area contributed by atoms with Crippen molar-refractivity contribution >= 4 is 43.6 Å². The minimum Gasteiger partial charge on any atom is -0.335 e. The van der Waals surface area contributed by atoms with E-state index < -0.39 is 15.7 Å². The van der Waals surface area contributed by atoms with Gasteiger partial charge in [0.15, 0.2) is 17.1 Å². The third kappa shape index (κ3) is 6.88. The highest BCUT2D eigenvalue weighted by molar-refractivity contribution is 7.90. The van der Waals surface area contributed by atoms with Crippen molar-refractivity contribution in [2.75, 3.05) is 17.3 Å². The molecule has 0 unspecified atom stereocenters. The Labute approximate surface area is 258 Å². The number of imidazole rings is 1. The molecule has 0 spiro atoms. The van der Waals surface area contributed by atoms with Crippen LogP contribution in [0.5, 0.6) is 0 Å². The number of carbonyl (C=O) groups is 1. The number of sulfone groups is 1. The zero-order chi connectivity index (χ0) is 31.9. The number of rotatable bonds is 8. The monoisotopic (exact) mass is 626 g/mol. The number of benzene rings is 1. The fourth-order valence-corrected chi connectivity index (χ4v) is 5.72. The summed E-state index contributed by atoms with van der Waals surface area (Å²) in [6.07, 6.45) is 8.31. The summed E-state index contributed by atoms with van der Waals surface area (Å²) in [4.78, 5) is 33.7. The number of amides is 1. The summed E-state index contributed by atoms with van der Waals surface area (Å²) in [5.74, 6) is -0.175. The number of hydrogen-bond donors (Lipinski definition) is 3. The Balaban J connectivity index is 1.34. The van der Waals surface area contributed by atoms with E-state index in [4.69, 9.17) is 0 Å². The molecule has 6 rings (SSSR count). The Bertz CT molecular complexity index is 2180. The number of pyridine rings is 3. The van der Waals surface area contributed by atoms with Crippen molar-refractivity contribution in [2.45, 2.75) is 33.6 Å². The number of carbonyl (C=O) groups excluding carboxylic acids is 1. The maximum atomic E-state index is 14.6. The molecule has 1 aromatic carbocycles. The van der Waals surface area contributed by atoms with Crippen molar-refractivity contribution in [3.05, 3.63) is 72.6 Å². The average molecular weight is 627 g/mol. The van der Waals surface area contributed by atoms with E-state index >= 15 is 0 Å². The molecule has 45 heavy (non-hydrogen) atoms. The van der Waals surface area contributed by atoms with E-state index in [-0.39, 0.29) is 23.5 Å². The van der Waals surface area contributed by atoms with E-state index in [9.17, 15) is 17.6 Å². The summed E-state index contributed by atoms with van der Waals surface area (Å²) in [6, 6.07) is 10.0. The number of aromatic nitrogens is 7. The summed E-state index contributed by atoms with van der Waals surface area (Å²) in [5, 5.41) is 11.0. The fourth-order valence-electron chi connectivity index (χ4n) is 5.11. The third-order valence-corrected chi connectivity index (χ3v) is 8.06. The number of nitrogens with zero attached hydrogens (tertiary/aromatic N) is 5. The van der Waals surface area contributed by atoms with Gasteiger partial charge in [-0.25, -0.2) is 27.8 Å². The van der Waals surface area contributed by atoms with Gasteiger partial charge in [-0.1, -0.05) is 26.8 Å². The lowest BCUT2D eigenvalue weighted by Gasteiger charge is -2.17. The molecule has 0 saturated carbocycles. The van der Waals surface area contributed by atoms with Crippen LogP contribution >= 0.6 is 0 Å². The Kier molecular flexibility index (Phi) is 7.65. The zero-order valence-corrected chi connectivity index (χ0v) is 26.0.